The molecule has 140 valence electrons. The summed E-state index contributed by atoms with van der Waals surface area (Å²) in [7, 11) is 0. The molecule has 26 heavy (non-hydrogen) atoms. The molecule has 2 N–H and O–H groups in total. The molecular formula is C18H24ClFN6. The van der Waals surface area contributed by atoms with Crippen molar-refractivity contribution in [1.29, 1.82) is 0 Å². The van der Waals surface area contributed by atoms with Crippen LogP contribution in [0.2, 0.25) is 5.02 Å². The molecule has 0 saturated carbocycles. The third kappa shape index (κ3) is 4.52. The molecule has 2 heterocycles. The second kappa shape index (κ2) is 8.49. The highest BCUT2D eigenvalue weighted by Crippen LogP contribution is 2.19. The summed E-state index contributed by atoms with van der Waals surface area (Å²) in [6, 6.07) is 4.97. The van der Waals surface area contributed by atoms with Crippen LogP contribution >= 0.6 is 11.6 Å². The van der Waals surface area contributed by atoms with E-state index in [1.165, 1.54) is 6.07 Å². The summed E-state index contributed by atoms with van der Waals surface area (Å²) in [5.41, 5.74) is 0.508. The number of aromatic nitrogens is 3. The Morgan fingerprint density at radius 2 is 2.31 bits per heavy atom. The van der Waals surface area contributed by atoms with Gasteiger partial charge >= 0.3 is 0 Å². The zero-order valence-electron chi connectivity index (χ0n) is 15.1. The Kier molecular flexibility index (Phi) is 6.08. The van der Waals surface area contributed by atoms with Crippen LogP contribution in [0.3, 0.4) is 0 Å². The van der Waals surface area contributed by atoms with Gasteiger partial charge in [0.15, 0.2) is 5.96 Å². The molecule has 8 heteroatoms. The first-order chi connectivity index (χ1) is 12.6. The Labute approximate surface area is 157 Å². The molecule has 1 aromatic heterocycles. The molecule has 1 atom stereocenters. The van der Waals surface area contributed by atoms with E-state index in [9.17, 15) is 4.39 Å². The van der Waals surface area contributed by atoms with Gasteiger partial charge in [0, 0.05) is 36.1 Å². The van der Waals surface area contributed by atoms with Gasteiger partial charge in [-0.2, -0.15) is 5.10 Å². The summed E-state index contributed by atoms with van der Waals surface area (Å²) >= 11 is 6.08. The Bertz CT molecular complexity index is 768. The number of halogens is 2. The molecule has 1 aliphatic rings. The first-order valence-corrected chi connectivity index (χ1v) is 9.32. The second-order valence-corrected chi connectivity index (χ2v) is 6.76. The Hall–Kier alpha value is -2.15. The van der Waals surface area contributed by atoms with Crippen molar-refractivity contribution in [2.24, 2.45) is 4.99 Å². The van der Waals surface area contributed by atoms with Crippen molar-refractivity contribution in [2.45, 2.75) is 45.7 Å². The van der Waals surface area contributed by atoms with E-state index in [4.69, 9.17) is 11.6 Å². The molecule has 0 aliphatic carbocycles. The summed E-state index contributed by atoms with van der Waals surface area (Å²) in [6.07, 6.45) is 2.32. The molecule has 6 nitrogen and oxygen atoms in total. The third-order valence-corrected chi connectivity index (χ3v) is 4.70. The average Bonchev–Trinajstić information content (AvgIpc) is 2.97. The normalized spacial score (nSPS) is 17.1. The average molecular weight is 379 g/mol. The fourth-order valence-electron chi connectivity index (χ4n) is 3.12. The van der Waals surface area contributed by atoms with Gasteiger partial charge in [-0.3, -0.25) is 4.99 Å². The predicted molar refractivity (Wildman–Crippen MR) is 101 cm³/mol. The van der Waals surface area contributed by atoms with Gasteiger partial charge in [0.25, 0.3) is 0 Å². The Morgan fingerprint density at radius 3 is 3.08 bits per heavy atom. The number of rotatable bonds is 5. The van der Waals surface area contributed by atoms with Gasteiger partial charge in [-0.1, -0.05) is 17.7 Å². The van der Waals surface area contributed by atoms with Gasteiger partial charge in [0.2, 0.25) is 0 Å². The van der Waals surface area contributed by atoms with E-state index in [0.29, 0.717) is 23.6 Å². The Morgan fingerprint density at radius 1 is 1.46 bits per heavy atom. The number of aryl methyl sites for hydroxylation is 2. The number of nitrogens with one attached hydrogen (secondary N) is 2. The maximum atomic E-state index is 13.9. The highest BCUT2D eigenvalue weighted by molar-refractivity contribution is 6.31. The third-order valence-electron chi connectivity index (χ3n) is 4.34. The van der Waals surface area contributed by atoms with Gasteiger partial charge in [-0.15, -0.1) is 0 Å². The fourth-order valence-corrected chi connectivity index (χ4v) is 3.37. The standard InChI is InChI=1S/C18H24ClFN6/c1-3-21-18(22-10-9-14-15(19)5-4-6-16(14)20)24-13-7-8-17-23-12(2)25-26(17)11-13/h4-6,13H,3,7-11H2,1-2H3,(H2,21,22,24). The van der Waals surface area contributed by atoms with Crippen LogP contribution in [0.4, 0.5) is 4.39 Å². The van der Waals surface area contributed by atoms with Gasteiger partial charge in [0.05, 0.1) is 6.54 Å². The molecule has 0 bridgehead atoms. The molecule has 0 saturated heterocycles. The van der Waals surface area contributed by atoms with E-state index in [2.05, 4.69) is 25.7 Å². The molecule has 1 aromatic carbocycles. The SMILES string of the molecule is CCNC(=NCCc1c(F)cccc1Cl)NC1CCc2nc(C)nn2C1. The fraction of sp³-hybridized carbons (Fsp3) is 0.500. The number of nitrogens with zero attached hydrogens (tertiary/aromatic N) is 4. The maximum Gasteiger partial charge on any atom is 0.191 e. The topological polar surface area (TPSA) is 67.1 Å². The first kappa shape index (κ1) is 18.6. The minimum Gasteiger partial charge on any atom is -0.357 e. The molecule has 0 amide bonds. The maximum absolute atomic E-state index is 13.9. The predicted octanol–water partition coefficient (Wildman–Crippen LogP) is 2.49. The van der Waals surface area contributed by atoms with Crippen LogP contribution in [-0.4, -0.2) is 39.9 Å². The number of hydrogen-bond acceptors (Lipinski definition) is 3. The summed E-state index contributed by atoms with van der Waals surface area (Å²) < 4.78 is 15.8. The monoisotopic (exact) mass is 378 g/mol. The minimum absolute atomic E-state index is 0.235. The van der Waals surface area contributed by atoms with Crippen LogP contribution in [0.1, 0.15) is 30.6 Å². The smallest absolute Gasteiger partial charge is 0.191 e. The molecule has 3 rings (SSSR count). The molecule has 0 spiro atoms. The van der Waals surface area contributed by atoms with E-state index >= 15 is 0 Å². The lowest BCUT2D eigenvalue weighted by atomic mass is 10.1. The van der Waals surface area contributed by atoms with E-state index in [0.717, 1.165) is 43.5 Å². The van der Waals surface area contributed by atoms with Crippen molar-refractivity contribution in [3.05, 3.63) is 46.3 Å². The van der Waals surface area contributed by atoms with Gasteiger partial charge in [-0.25, -0.2) is 14.1 Å². The highest BCUT2D eigenvalue weighted by Gasteiger charge is 2.21. The molecular weight excluding hydrogens is 355 g/mol. The molecule has 0 fully saturated rings. The lowest BCUT2D eigenvalue weighted by Crippen LogP contribution is -2.47. The summed E-state index contributed by atoms with van der Waals surface area (Å²) in [6.45, 7) is 5.90. The van der Waals surface area contributed by atoms with Crippen molar-refractivity contribution in [3.8, 4) is 0 Å². The lowest BCUT2D eigenvalue weighted by molar-refractivity contribution is 0.392. The Balaban J connectivity index is 1.61. The zero-order chi connectivity index (χ0) is 18.5. The van der Waals surface area contributed by atoms with Crippen molar-refractivity contribution in [3.63, 3.8) is 0 Å². The van der Waals surface area contributed by atoms with Crippen molar-refractivity contribution in [1.82, 2.24) is 25.4 Å². The van der Waals surface area contributed by atoms with Crippen LogP contribution in [0.15, 0.2) is 23.2 Å². The van der Waals surface area contributed by atoms with Gasteiger partial charge in [-0.05, 0) is 38.8 Å². The number of aliphatic imine (C=N–C) groups is 1. The first-order valence-electron chi connectivity index (χ1n) is 8.95. The van der Waals surface area contributed by atoms with Crippen LogP contribution < -0.4 is 10.6 Å². The zero-order valence-corrected chi connectivity index (χ0v) is 15.9. The van der Waals surface area contributed by atoms with E-state index in [-0.39, 0.29) is 11.9 Å². The van der Waals surface area contributed by atoms with E-state index in [1.807, 2.05) is 18.5 Å². The largest absolute Gasteiger partial charge is 0.357 e. The second-order valence-electron chi connectivity index (χ2n) is 6.35. The number of fused-ring (bicyclic) bond motifs is 1. The number of guanidine groups is 1. The number of benzene rings is 1. The van der Waals surface area contributed by atoms with Gasteiger partial charge < -0.3 is 10.6 Å². The molecule has 2 aromatic rings. The van der Waals surface area contributed by atoms with E-state index in [1.54, 1.807) is 12.1 Å². The minimum atomic E-state index is -0.285. The molecule has 1 unspecified atom stereocenters. The highest BCUT2D eigenvalue weighted by atomic mass is 35.5. The molecule has 1 aliphatic heterocycles. The quantitative estimate of drug-likeness (QED) is 0.619. The van der Waals surface area contributed by atoms with Crippen LogP contribution in [0.5, 0.6) is 0 Å². The molecule has 0 radical (unpaired) electrons. The lowest BCUT2D eigenvalue weighted by Gasteiger charge is -2.25. The van der Waals surface area contributed by atoms with Crippen molar-refractivity contribution < 1.29 is 4.39 Å². The number of hydrogen-bond donors (Lipinski definition) is 2. The summed E-state index contributed by atoms with van der Waals surface area (Å²) in [5.74, 6) is 2.29. The van der Waals surface area contributed by atoms with Gasteiger partial charge in [0.1, 0.15) is 17.5 Å². The summed E-state index contributed by atoms with van der Waals surface area (Å²) in [5, 5.41) is 11.6. The van der Waals surface area contributed by atoms with Crippen molar-refractivity contribution >= 4 is 17.6 Å². The van der Waals surface area contributed by atoms with Crippen molar-refractivity contribution in [2.75, 3.05) is 13.1 Å². The van der Waals surface area contributed by atoms with E-state index < -0.39 is 0 Å². The van der Waals surface area contributed by atoms with Crippen LogP contribution in [-0.2, 0) is 19.4 Å². The van der Waals surface area contributed by atoms with Crippen LogP contribution in [0, 0.1) is 12.7 Å². The van der Waals surface area contributed by atoms with Crippen LogP contribution in [0.25, 0.3) is 0 Å². The summed E-state index contributed by atoms with van der Waals surface area (Å²) in [4.78, 5) is 9.00.